The lowest BCUT2D eigenvalue weighted by Crippen LogP contribution is -2.35. The Morgan fingerprint density at radius 2 is 1.09 bits per heavy atom. The lowest BCUT2D eigenvalue weighted by molar-refractivity contribution is -0.118. The second-order valence-corrected chi connectivity index (χ2v) is 15.2. The van der Waals surface area contributed by atoms with Crippen LogP contribution in [0.4, 0.5) is 34.1 Å². The lowest BCUT2D eigenvalue weighted by atomic mass is 9.89. The Labute approximate surface area is 312 Å². The molecule has 0 aliphatic carbocycles. The zero-order valence-electron chi connectivity index (χ0n) is 30.4. The van der Waals surface area contributed by atoms with Gasteiger partial charge in [-0.3, -0.25) is 9.59 Å². The average Bonchev–Trinajstić information content (AvgIpc) is 4.01. The molecule has 4 aromatic carbocycles. The van der Waals surface area contributed by atoms with E-state index < -0.39 is 0 Å². The van der Waals surface area contributed by atoms with E-state index in [9.17, 15) is 9.59 Å². The van der Waals surface area contributed by atoms with E-state index in [1.54, 1.807) is 0 Å². The third kappa shape index (κ3) is 7.57. The molecular formula is C43H52N8O2. The summed E-state index contributed by atoms with van der Waals surface area (Å²) in [6.45, 7) is 3.79. The van der Waals surface area contributed by atoms with Gasteiger partial charge in [0.25, 0.3) is 0 Å². The average molecular weight is 713 g/mol. The van der Waals surface area contributed by atoms with Crippen LogP contribution in [0.3, 0.4) is 0 Å². The van der Waals surface area contributed by atoms with E-state index >= 15 is 0 Å². The summed E-state index contributed by atoms with van der Waals surface area (Å²) in [5.41, 5.74) is 21.7. The van der Waals surface area contributed by atoms with Gasteiger partial charge in [0.05, 0.1) is 46.9 Å². The molecule has 10 nitrogen and oxygen atoms in total. The normalized spacial score (nSPS) is 23.3. The number of nitrogen functional groups attached to an aromatic ring is 2. The molecule has 53 heavy (non-hydrogen) atoms. The summed E-state index contributed by atoms with van der Waals surface area (Å²) >= 11 is 0. The molecule has 0 radical (unpaired) electrons. The number of nitrogens with two attached hydrogens (primary N) is 2. The molecule has 10 heteroatoms. The van der Waals surface area contributed by atoms with Crippen LogP contribution in [0.1, 0.15) is 86.1 Å². The fraction of sp³-hybridized carbons (Fsp3) is 0.395. The molecule has 0 spiro atoms. The first-order valence-electron chi connectivity index (χ1n) is 19.5. The molecule has 4 aliphatic heterocycles. The summed E-state index contributed by atoms with van der Waals surface area (Å²) in [6.07, 6.45) is 7.80. The Morgan fingerprint density at radius 3 is 1.57 bits per heavy atom. The lowest BCUT2D eigenvalue weighted by Gasteiger charge is -2.36. The summed E-state index contributed by atoms with van der Waals surface area (Å²) < 4.78 is 0. The quantitative estimate of drug-likeness (QED) is 0.105. The van der Waals surface area contributed by atoms with E-state index in [0.29, 0.717) is 28.7 Å². The van der Waals surface area contributed by atoms with E-state index in [-0.39, 0.29) is 36.0 Å². The van der Waals surface area contributed by atoms with E-state index in [2.05, 4.69) is 97.8 Å². The number of nitrogens with zero attached hydrogens (tertiary/aromatic N) is 2. The third-order valence-corrected chi connectivity index (χ3v) is 11.9. The minimum absolute atomic E-state index is 0.0365. The Balaban J connectivity index is 1.04. The van der Waals surface area contributed by atoms with Crippen LogP contribution in [0.15, 0.2) is 91.0 Å². The number of anilines is 6. The number of nitrogens with one attached hydrogen (secondary N) is 4. The van der Waals surface area contributed by atoms with Crippen LogP contribution in [0, 0.1) is 0 Å². The molecule has 0 saturated carbocycles. The van der Waals surface area contributed by atoms with Crippen LogP contribution in [0.25, 0.3) is 0 Å². The molecule has 4 unspecified atom stereocenters. The van der Waals surface area contributed by atoms with Crippen LogP contribution >= 0.6 is 0 Å². The Hall–Kier alpha value is -5.06. The van der Waals surface area contributed by atoms with Gasteiger partial charge in [-0.15, -0.1) is 0 Å². The maximum absolute atomic E-state index is 12.9. The van der Waals surface area contributed by atoms with Gasteiger partial charge in [0.15, 0.2) is 0 Å². The van der Waals surface area contributed by atoms with Gasteiger partial charge >= 0.3 is 0 Å². The van der Waals surface area contributed by atoms with Crippen molar-refractivity contribution in [2.45, 2.75) is 81.5 Å². The highest BCUT2D eigenvalue weighted by Crippen LogP contribution is 2.48. The first-order chi connectivity index (χ1) is 25.9. The number of hydrogen-bond donors (Lipinski definition) is 6. The van der Waals surface area contributed by atoms with Gasteiger partial charge in [-0.2, -0.15) is 0 Å². The fourth-order valence-corrected chi connectivity index (χ4v) is 8.92. The molecule has 8 rings (SSSR count). The Bertz CT molecular complexity index is 1810. The van der Waals surface area contributed by atoms with Gasteiger partial charge in [0.1, 0.15) is 0 Å². The van der Waals surface area contributed by atoms with Crippen molar-refractivity contribution in [2.75, 3.05) is 58.1 Å². The van der Waals surface area contributed by atoms with Crippen LogP contribution in [0.2, 0.25) is 0 Å². The van der Waals surface area contributed by atoms with Crippen molar-refractivity contribution >= 4 is 45.9 Å². The van der Waals surface area contributed by atoms with Gasteiger partial charge < -0.3 is 42.5 Å². The monoisotopic (exact) mass is 712 g/mol. The molecule has 4 atom stereocenters. The zero-order valence-corrected chi connectivity index (χ0v) is 30.4. The molecule has 4 heterocycles. The van der Waals surface area contributed by atoms with Crippen LogP contribution in [-0.4, -0.2) is 50.1 Å². The summed E-state index contributed by atoms with van der Waals surface area (Å²) in [4.78, 5) is 30.7. The van der Waals surface area contributed by atoms with Gasteiger partial charge in [-0.05, 0) is 136 Å². The largest absolute Gasteiger partial charge is 0.397 e. The minimum Gasteiger partial charge on any atom is -0.397 e. The van der Waals surface area contributed by atoms with Crippen molar-refractivity contribution in [3.05, 3.63) is 108 Å². The molecule has 4 aliphatic rings. The van der Waals surface area contributed by atoms with E-state index in [1.165, 1.54) is 11.3 Å². The molecule has 276 valence electrons. The third-order valence-electron chi connectivity index (χ3n) is 11.9. The second kappa shape index (κ2) is 15.5. The highest BCUT2D eigenvalue weighted by Gasteiger charge is 2.36. The topological polar surface area (TPSA) is 141 Å². The van der Waals surface area contributed by atoms with Crippen molar-refractivity contribution in [3.8, 4) is 0 Å². The van der Waals surface area contributed by atoms with Gasteiger partial charge in [0.2, 0.25) is 11.8 Å². The van der Waals surface area contributed by atoms with Gasteiger partial charge in [0, 0.05) is 24.5 Å². The highest BCUT2D eigenvalue weighted by molar-refractivity contribution is 5.98. The zero-order chi connectivity index (χ0) is 36.3. The first-order valence-corrected chi connectivity index (χ1v) is 19.5. The SMILES string of the molecule is Nc1cc(C2CCC(c3ccc(NC(=O)C4CCCN4)c(N)c3)N2c2ccc(N3CCC(c4ccccc4)CC3)cc2)ccc1NC(=O)C1CCCN1. The minimum atomic E-state index is -0.176. The molecule has 2 amide bonds. The summed E-state index contributed by atoms with van der Waals surface area (Å²) in [5, 5.41) is 12.6. The number of amides is 2. The molecule has 4 saturated heterocycles. The van der Waals surface area contributed by atoms with Crippen LogP contribution < -0.4 is 42.5 Å². The van der Waals surface area contributed by atoms with E-state index in [4.69, 9.17) is 11.5 Å². The van der Waals surface area contributed by atoms with Crippen LogP contribution in [-0.2, 0) is 9.59 Å². The molecule has 8 N–H and O–H groups in total. The molecule has 0 aromatic heterocycles. The smallest absolute Gasteiger partial charge is 0.241 e. The molecule has 4 aromatic rings. The molecular weight excluding hydrogens is 661 g/mol. The summed E-state index contributed by atoms with van der Waals surface area (Å²) in [6, 6.07) is 31.8. The predicted octanol–water partition coefficient (Wildman–Crippen LogP) is 6.70. The summed E-state index contributed by atoms with van der Waals surface area (Å²) in [7, 11) is 0. The van der Waals surface area contributed by atoms with E-state index in [0.717, 1.165) is 94.4 Å². The van der Waals surface area contributed by atoms with Crippen molar-refractivity contribution in [1.82, 2.24) is 10.6 Å². The van der Waals surface area contributed by atoms with Crippen LogP contribution in [0.5, 0.6) is 0 Å². The Kier molecular flexibility index (Phi) is 10.2. The second-order valence-electron chi connectivity index (χ2n) is 15.2. The first kappa shape index (κ1) is 35.0. The molecule has 0 bridgehead atoms. The number of carbonyl (C=O) groups is 2. The number of rotatable bonds is 9. The fourth-order valence-electron chi connectivity index (χ4n) is 8.92. The number of carbonyl (C=O) groups excluding carboxylic acids is 2. The number of hydrogen-bond acceptors (Lipinski definition) is 8. The van der Waals surface area contributed by atoms with Gasteiger partial charge in [-0.25, -0.2) is 0 Å². The maximum atomic E-state index is 12.9. The van der Waals surface area contributed by atoms with Crippen molar-refractivity contribution in [2.24, 2.45) is 0 Å². The van der Waals surface area contributed by atoms with Gasteiger partial charge in [-0.1, -0.05) is 42.5 Å². The van der Waals surface area contributed by atoms with Crippen molar-refractivity contribution in [3.63, 3.8) is 0 Å². The van der Waals surface area contributed by atoms with Crippen molar-refractivity contribution in [1.29, 1.82) is 0 Å². The Morgan fingerprint density at radius 1 is 0.585 bits per heavy atom. The predicted molar refractivity (Wildman–Crippen MR) is 215 cm³/mol. The molecule has 4 fully saturated rings. The highest BCUT2D eigenvalue weighted by atomic mass is 16.2. The number of piperidine rings is 1. The maximum Gasteiger partial charge on any atom is 0.241 e. The summed E-state index contributed by atoms with van der Waals surface area (Å²) in [5.74, 6) is 0.534. The van der Waals surface area contributed by atoms with E-state index in [1.807, 2.05) is 24.3 Å². The standard InChI is InChI=1S/C43H52N8O2/c44-34-26-30(10-16-36(34)48-42(52)38-8-4-22-46-38)40-18-19-41(31-11-17-37(35(45)27-31)49-43(53)39-9-5-23-47-39)51(40)33-14-12-32(13-15-33)50-24-20-29(21-25-50)28-6-2-1-3-7-28/h1-3,6-7,10-17,26-27,29,38-41,46-47H,4-5,8-9,18-25,44-45H2,(H,48,52)(H,49,53). The van der Waals surface area contributed by atoms with Crippen molar-refractivity contribution < 1.29 is 9.59 Å². The number of benzene rings is 4.